The van der Waals surface area contributed by atoms with Gasteiger partial charge in [0.25, 0.3) is 11.8 Å². The summed E-state index contributed by atoms with van der Waals surface area (Å²) in [6.07, 6.45) is 1.66. The predicted molar refractivity (Wildman–Crippen MR) is 190 cm³/mol. The van der Waals surface area contributed by atoms with E-state index in [0.717, 1.165) is 55.1 Å². The van der Waals surface area contributed by atoms with Crippen LogP contribution in [0.15, 0.2) is 126 Å². The second-order valence-electron chi connectivity index (χ2n) is 14.9. The summed E-state index contributed by atoms with van der Waals surface area (Å²) in [6, 6.07) is 39.7. The minimum Gasteiger partial charge on any atom is -0.274 e. The molecular weight excluding hydrogens is 635 g/mol. The summed E-state index contributed by atoms with van der Waals surface area (Å²) >= 11 is 0. The number of benzene rings is 5. The molecule has 4 atom stereocenters. The highest BCUT2D eigenvalue weighted by atomic mass is 16.2. The molecule has 8 aliphatic rings. The van der Waals surface area contributed by atoms with E-state index in [4.69, 9.17) is 5.10 Å². The van der Waals surface area contributed by atoms with E-state index in [1.165, 1.54) is 4.90 Å². The third-order valence-electron chi connectivity index (χ3n) is 12.8. The van der Waals surface area contributed by atoms with Crippen molar-refractivity contribution in [2.24, 2.45) is 28.8 Å². The SMILES string of the molecule is Cc1ccc(N2C(=O)C3C4c5ccccc5C(/C=N/N5C(=O)C6C7c8ccccc8C(c8ccccc87)C6C5=O)(c5ccccc54)C3C2=O)cc1. The zero-order valence-corrected chi connectivity index (χ0v) is 27.6. The van der Waals surface area contributed by atoms with E-state index in [1.807, 2.05) is 104 Å². The Balaban J connectivity index is 1.09. The summed E-state index contributed by atoms with van der Waals surface area (Å²) in [7, 11) is 0. The second-order valence-corrected chi connectivity index (χ2v) is 14.9. The maximum absolute atomic E-state index is 14.8. The van der Waals surface area contributed by atoms with Crippen molar-refractivity contribution >= 4 is 35.5 Å². The second kappa shape index (κ2) is 9.85. The van der Waals surface area contributed by atoms with Gasteiger partial charge in [-0.3, -0.25) is 19.2 Å². The van der Waals surface area contributed by atoms with Crippen LogP contribution in [0.2, 0.25) is 0 Å². The van der Waals surface area contributed by atoms with Crippen molar-refractivity contribution in [2.75, 3.05) is 4.90 Å². The first kappa shape index (κ1) is 28.8. The van der Waals surface area contributed by atoms with E-state index in [-0.39, 0.29) is 41.4 Å². The van der Waals surface area contributed by atoms with E-state index in [0.29, 0.717) is 5.69 Å². The Labute approximate surface area is 294 Å². The van der Waals surface area contributed by atoms with Crippen LogP contribution in [0.25, 0.3) is 0 Å². The molecule has 4 amide bonds. The van der Waals surface area contributed by atoms with Crippen molar-refractivity contribution in [3.8, 4) is 0 Å². The summed E-state index contributed by atoms with van der Waals surface area (Å²) in [6.45, 7) is 1.97. The molecular formula is C44H31N3O4. The Bertz CT molecular complexity index is 2290. The molecule has 7 heteroatoms. The van der Waals surface area contributed by atoms with Gasteiger partial charge in [0, 0.05) is 24.0 Å². The summed E-state index contributed by atoms with van der Waals surface area (Å²) in [5.41, 5.74) is 8.42. The predicted octanol–water partition coefficient (Wildman–Crippen LogP) is 6.42. The number of amides is 4. The molecule has 5 aromatic carbocycles. The molecule has 4 unspecified atom stereocenters. The molecule has 2 fully saturated rings. The number of hydrazone groups is 1. The topological polar surface area (TPSA) is 87.1 Å². The number of carbonyl (C=O) groups is 4. The molecule has 4 bridgehead atoms. The molecule has 0 spiro atoms. The number of carbonyl (C=O) groups excluding carboxylic acids is 4. The molecule has 246 valence electrons. The summed E-state index contributed by atoms with van der Waals surface area (Å²) in [4.78, 5) is 59.9. The third-order valence-corrected chi connectivity index (χ3v) is 12.8. The van der Waals surface area contributed by atoms with Gasteiger partial charge in [0.1, 0.15) is 0 Å². The van der Waals surface area contributed by atoms with Crippen LogP contribution in [0.5, 0.6) is 0 Å². The Kier molecular flexibility index (Phi) is 5.57. The first-order valence-electron chi connectivity index (χ1n) is 17.7. The smallest absolute Gasteiger partial charge is 0.254 e. The zero-order valence-electron chi connectivity index (χ0n) is 27.6. The van der Waals surface area contributed by atoms with Gasteiger partial charge in [0.15, 0.2) is 0 Å². The summed E-state index contributed by atoms with van der Waals surface area (Å²) < 4.78 is 0. The van der Waals surface area contributed by atoms with Gasteiger partial charge >= 0.3 is 0 Å². The maximum Gasteiger partial charge on any atom is 0.254 e. The lowest BCUT2D eigenvalue weighted by atomic mass is 9.47. The number of aryl methyl sites for hydroxylation is 1. The van der Waals surface area contributed by atoms with Crippen molar-refractivity contribution in [3.05, 3.63) is 171 Å². The van der Waals surface area contributed by atoms with Crippen molar-refractivity contribution < 1.29 is 19.2 Å². The largest absolute Gasteiger partial charge is 0.274 e. The van der Waals surface area contributed by atoms with Crippen LogP contribution in [0.3, 0.4) is 0 Å². The average molecular weight is 666 g/mol. The molecule has 13 rings (SSSR count). The highest BCUT2D eigenvalue weighted by molar-refractivity contribution is 6.25. The molecule has 0 N–H and O–H groups in total. The molecule has 6 aliphatic carbocycles. The van der Waals surface area contributed by atoms with Crippen molar-refractivity contribution in [1.29, 1.82) is 0 Å². The summed E-state index contributed by atoms with van der Waals surface area (Å²) in [5.74, 6) is -4.68. The van der Waals surface area contributed by atoms with Gasteiger partial charge in [0.05, 0.1) is 34.8 Å². The Hall–Kier alpha value is -5.95. The molecule has 51 heavy (non-hydrogen) atoms. The highest BCUT2D eigenvalue weighted by Gasteiger charge is 2.68. The number of hydrogen-bond donors (Lipinski definition) is 0. The molecule has 2 aliphatic heterocycles. The fourth-order valence-electron chi connectivity index (χ4n) is 10.9. The minimum absolute atomic E-state index is 0.243. The number of anilines is 1. The lowest BCUT2D eigenvalue weighted by Crippen LogP contribution is -2.55. The number of hydrogen-bond acceptors (Lipinski definition) is 5. The molecule has 7 nitrogen and oxygen atoms in total. The van der Waals surface area contributed by atoms with Gasteiger partial charge in [-0.2, -0.15) is 10.1 Å². The van der Waals surface area contributed by atoms with Gasteiger partial charge in [-0.1, -0.05) is 115 Å². The average Bonchev–Trinajstić information content (AvgIpc) is 3.59. The van der Waals surface area contributed by atoms with Crippen LogP contribution in [0.4, 0.5) is 5.69 Å². The molecule has 0 radical (unpaired) electrons. The lowest BCUT2D eigenvalue weighted by Gasteiger charge is -2.52. The monoisotopic (exact) mass is 665 g/mol. The summed E-state index contributed by atoms with van der Waals surface area (Å²) in [5, 5.41) is 5.96. The molecule has 2 heterocycles. The molecule has 0 saturated carbocycles. The van der Waals surface area contributed by atoms with E-state index < -0.39 is 29.1 Å². The number of rotatable bonds is 3. The number of imide groups is 2. The first-order chi connectivity index (χ1) is 24.9. The standard InChI is InChI=1S/C44H31N3O4/c1-23-18-20-24(21-19-23)46-40(48)38-35-29-14-6-8-16-31(29)44(39(38)43(46)51,32-17-9-7-15-30(32)35)22-45-47-41(49)36-33-25-10-2-3-11-26(25)34(37(36)42(47)50)28-13-5-4-12-27(28)33/h2-22,33-39H,1H3/b45-22+. The van der Waals surface area contributed by atoms with E-state index in [1.54, 1.807) is 6.21 Å². The number of nitrogens with zero attached hydrogens (tertiary/aromatic N) is 3. The lowest BCUT2D eigenvalue weighted by molar-refractivity contribution is -0.140. The molecule has 0 aromatic heterocycles. The van der Waals surface area contributed by atoms with Crippen LogP contribution in [-0.2, 0) is 24.6 Å². The normalized spacial score (nSPS) is 30.3. The van der Waals surface area contributed by atoms with Gasteiger partial charge in [-0.15, -0.1) is 0 Å². The van der Waals surface area contributed by atoms with Crippen molar-refractivity contribution in [1.82, 2.24) is 5.01 Å². The zero-order chi connectivity index (χ0) is 34.3. The van der Waals surface area contributed by atoms with Crippen LogP contribution in [-0.4, -0.2) is 34.9 Å². The quantitative estimate of drug-likeness (QED) is 0.164. The van der Waals surface area contributed by atoms with Crippen LogP contribution in [0, 0.1) is 30.6 Å². The first-order valence-corrected chi connectivity index (χ1v) is 17.7. The van der Waals surface area contributed by atoms with Gasteiger partial charge < -0.3 is 0 Å². The maximum atomic E-state index is 14.8. The fraction of sp³-hybridized carbons (Fsp3) is 0.205. The third kappa shape index (κ3) is 3.37. The van der Waals surface area contributed by atoms with Gasteiger partial charge in [-0.25, -0.2) is 4.90 Å². The van der Waals surface area contributed by atoms with Crippen LogP contribution >= 0.6 is 0 Å². The van der Waals surface area contributed by atoms with E-state index in [9.17, 15) is 19.2 Å². The molecule has 2 saturated heterocycles. The van der Waals surface area contributed by atoms with E-state index >= 15 is 0 Å². The van der Waals surface area contributed by atoms with Gasteiger partial charge in [0.2, 0.25) is 11.8 Å². The van der Waals surface area contributed by atoms with E-state index in [2.05, 4.69) is 24.3 Å². The Morgan fingerprint density at radius 3 is 1.43 bits per heavy atom. The van der Waals surface area contributed by atoms with Crippen molar-refractivity contribution in [3.63, 3.8) is 0 Å². The minimum atomic E-state index is -1.20. The highest BCUT2D eigenvalue weighted by Crippen LogP contribution is 2.64. The Morgan fingerprint density at radius 2 is 0.941 bits per heavy atom. The fourth-order valence-corrected chi connectivity index (χ4v) is 10.9. The Morgan fingerprint density at radius 1 is 0.510 bits per heavy atom. The molecule has 5 aromatic rings. The van der Waals surface area contributed by atoms with Crippen LogP contribution in [0.1, 0.15) is 67.8 Å². The van der Waals surface area contributed by atoms with Crippen LogP contribution < -0.4 is 4.90 Å². The van der Waals surface area contributed by atoms with Gasteiger partial charge in [-0.05, 0) is 63.6 Å². The van der Waals surface area contributed by atoms with Crippen molar-refractivity contribution in [2.45, 2.75) is 30.1 Å².